The van der Waals surface area contributed by atoms with E-state index in [1.165, 1.54) is 10.5 Å². The Morgan fingerprint density at radius 3 is 2.36 bits per heavy atom. The van der Waals surface area contributed by atoms with Gasteiger partial charge in [0, 0.05) is 25.0 Å². The van der Waals surface area contributed by atoms with E-state index < -0.39 is 0 Å². The van der Waals surface area contributed by atoms with Gasteiger partial charge in [0.25, 0.3) is 0 Å². The molecule has 4 heteroatoms. The normalized spacial score (nSPS) is 10.3. The molecule has 2 rings (SSSR count). The zero-order valence-electron chi connectivity index (χ0n) is 13.1. The molecule has 2 amide bonds. The van der Waals surface area contributed by atoms with Crippen LogP contribution in [0.25, 0.3) is 0 Å². The van der Waals surface area contributed by atoms with Crippen LogP contribution in [0.15, 0.2) is 59.5 Å². The molecular formula is C18H22N2OS. The van der Waals surface area contributed by atoms with Crippen LogP contribution >= 0.6 is 11.8 Å². The molecule has 22 heavy (non-hydrogen) atoms. The lowest BCUT2D eigenvalue weighted by atomic mass is 10.1. The third-order valence-electron chi connectivity index (χ3n) is 3.46. The molecule has 0 unspecified atom stereocenters. The molecule has 2 aromatic carbocycles. The van der Waals surface area contributed by atoms with Gasteiger partial charge in [-0.05, 0) is 35.9 Å². The fraction of sp³-hybridized carbons (Fsp3) is 0.278. The van der Waals surface area contributed by atoms with E-state index in [1.54, 1.807) is 16.7 Å². The van der Waals surface area contributed by atoms with Gasteiger partial charge in [0.1, 0.15) is 0 Å². The van der Waals surface area contributed by atoms with Crippen LogP contribution in [-0.4, -0.2) is 30.8 Å². The first-order valence-corrected chi connectivity index (χ1v) is 8.57. The average Bonchev–Trinajstić information content (AvgIpc) is 2.56. The largest absolute Gasteiger partial charge is 0.338 e. The first-order chi connectivity index (χ1) is 10.7. The van der Waals surface area contributed by atoms with Crippen LogP contribution in [0.3, 0.4) is 0 Å². The number of hydrogen-bond acceptors (Lipinski definition) is 2. The lowest BCUT2D eigenvalue weighted by Crippen LogP contribution is -2.37. The minimum absolute atomic E-state index is 0.0372. The first kappa shape index (κ1) is 16.4. The second kappa shape index (κ2) is 8.49. The Kier molecular flexibility index (Phi) is 6.34. The number of rotatable bonds is 6. The Bertz CT molecular complexity index is 584. The van der Waals surface area contributed by atoms with Crippen LogP contribution in [0, 0.1) is 0 Å². The predicted octanol–water partition coefficient (Wildman–Crippen LogP) is 3.79. The van der Waals surface area contributed by atoms with Gasteiger partial charge in [-0.3, -0.25) is 0 Å². The molecule has 0 aliphatic carbocycles. The molecular weight excluding hydrogens is 292 g/mol. The minimum Gasteiger partial charge on any atom is -0.338 e. The summed E-state index contributed by atoms with van der Waals surface area (Å²) in [6.07, 6.45) is 2.91. The molecule has 0 saturated carbocycles. The predicted molar refractivity (Wildman–Crippen MR) is 93.2 cm³/mol. The number of urea groups is 1. The molecule has 0 saturated heterocycles. The summed E-state index contributed by atoms with van der Waals surface area (Å²) in [5.41, 5.74) is 2.37. The lowest BCUT2D eigenvalue weighted by molar-refractivity contribution is 0.207. The van der Waals surface area contributed by atoms with Gasteiger partial charge in [-0.25, -0.2) is 4.79 Å². The van der Waals surface area contributed by atoms with E-state index in [-0.39, 0.29) is 6.03 Å². The molecule has 0 fully saturated rings. The first-order valence-electron chi connectivity index (χ1n) is 7.35. The van der Waals surface area contributed by atoms with Crippen molar-refractivity contribution in [2.75, 3.05) is 19.8 Å². The van der Waals surface area contributed by atoms with Gasteiger partial charge in [0.05, 0.1) is 0 Å². The second-order valence-corrected chi connectivity index (χ2v) is 6.05. The Morgan fingerprint density at radius 2 is 1.73 bits per heavy atom. The molecule has 0 heterocycles. The molecule has 3 nitrogen and oxygen atoms in total. The standard InChI is InChI=1S/C18H22N2OS/c1-20(14-16-8-10-17(22-2)11-9-16)18(21)19-13-12-15-6-4-3-5-7-15/h3-11H,12-14H2,1-2H3,(H,19,21). The van der Waals surface area contributed by atoms with E-state index in [0.29, 0.717) is 13.1 Å². The van der Waals surface area contributed by atoms with Crippen LogP contribution in [0.5, 0.6) is 0 Å². The molecule has 2 aromatic rings. The van der Waals surface area contributed by atoms with Crippen molar-refractivity contribution in [2.45, 2.75) is 17.9 Å². The summed E-state index contributed by atoms with van der Waals surface area (Å²) in [4.78, 5) is 15.0. The van der Waals surface area contributed by atoms with Gasteiger partial charge >= 0.3 is 6.03 Å². The number of hydrogen-bond donors (Lipinski definition) is 1. The van der Waals surface area contributed by atoms with Gasteiger partial charge < -0.3 is 10.2 Å². The summed E-state index contributed by atoms with van der Waals surface area (Å²) in [6.45, 7) is 1.27. The third-order valence-corrected chi connectivity index (χ3v) is 4.20. The summed E-state index contributed by atoms with van der Waals surface area (Å²) in [5.74, 6) is 0. The number of benzene rings is 2. The number of nitrogens with one attached hydrogen (secondary N) is 1. The number of carbonyl (C=O) groups is 1. The Hall–Kier alpha value is -1.94. The van der Waals surface area contributed by atoms with E-state index in [4.69, 9.17) is 0 Å². The SMILES string of the molecule is CSc1ccc(CN(C)C(=O)NCCc2ccccc2)cc1. The molecule has 116 valence electrons. The van der Waals surface area contributed by atoms with Crippen LogP contribution in [0.2, 0.25) is 0 Å². The highest BCUT2D eigenvalue weighted by Gasteiger charge is 2.08. The highest BCUT2D eigenvalue weighted by atomic mass is 32.2. The summed E-state index contributed by atoms with van der Waals surface area (Å²) in [5, 5.41) is 2.96. The van der Waals surface area contributed by atoms with Crippen molar-refractivity contribution in [3.63, 3.8) is 0 Å². The number of nitrogens with zero attached hydrogens (tertiary/aromatic N) is 1. The minimum atomic E-state index is -0.0372. The molecule has 0 bridgehead atoms. The van der Waals surface area contributed by atoms with Crippen LogP contribution in [0.1, 0.15) is 11.1 Å². The van der Waals surface area contributed by atoms with E-state index in [2.05, 4.69) is 48.0 Å². The summed E-state index contributed by atoms with van der Waals surface area (Å²) < 4.78 is 0. The monoisotopic (exact) mass is 314 g/mol. The fourth-order valence-electron chi connectivity index (χ4n) is 2.17. The number of carbonyl (C=O) groups excluding carboxylic acids is 1. The van der Waals surface area contributed by atoms with Crippen molar-refractivity contribution in [3.8, 4) is 0 Å². The van der Waals surface area contributed by atoms with Crippen molar-refractivity contribution in [1.82, 2.24) is 10.2 Å². The van der Waals surface area contributed by atoms with Gasteiger partial charge in [0.15, 0.2) is 0 Å². The molecule has 0 spiro atoms. The van der Waals surface area contributed by atoms with Gasteiger partial charge in [-0.15, -0.1) is 11.8 Å². The molecule has 1 N–H and O–H groups in total. The topological polar surface area (TPSA) is 32.3 Å². The van der Waals surface area contributed by atoms with Gasteiger partial charge in [0.2, 0.25) is 0 Å². The molecule has 0 atom stereocenters. The van der Waals surface area contributed by atoms with Crippen LogP contribution < -0.4 is 5.32 Å². The van der Waals surface area contributed by atoms with Gasteiger partial charge in [-0.2, -0.15) is 0 Å². The average molecular weight is 314 g/mol. The molecule has 0 radical (unpaired) electrons. The molecule has 0 aromatic heterocycles. The van der Waals surface area contributed by atoms with E-state index in [0.717, 1.165) is 12.0 Å². The van der Waals surface area contributed by atoms with Crippen molar-refractivity contribution < 1.29 is 4.79 Å². The Balaban J connectivity index is 1.76. The highest BCUT2D eigenvalue weighted by Crippen LogP contribution is 2.15. The van der Waals surface area contributed by atoms with Crippen molar-refractivity contribution in [1.29, 1.82) is 0 Å². The highest BCUT2D eigenvalue weighted by molar-refractivity contribution is 7.98. The quantitative estimate of drug-likeness (QED) is 0.823. The lowest BCUT2D eigenvalue weighted by Gasteiger charge is -2.18. The van der Waals surface area contributed by atoms with Crippen molar-refractivity contribution in [3.05, 3.63) is 65.7 Å². The maximum Gasteiger partial charge on any atom is 0.317 e. The zero-order valence-corrected chi connectivity index (χ0v) is 13.9. The second-order valence-electron chi connectivity index (χ2n) is 5.17. The maximum atomic E-state index is 12.1. The summed E-state index contributed by atoms with van der Waals surface area (Å²) in [7, 11) is 1.82. The van der Waals surface area contributed by atoms with Crippen LogP contribution in [-0.2, 0) is 13.0 Å². The Morgan fingerprint density at radius 1 is 1.05 bits per heavy atom. The maximum absolute atomic E-state index is 12.1. The molecule has 0 aliphatic rings. The number of thioether (sulfide) groups is 1. The Labute approximate surface area is 136 Å². The fourth-order valence-corrected chi connectivity index (χ4v) is 2.58. The smallest absolute Gasteiger partial charge is 0.317 e. The van der Waals surface area contributed by atoms with Crippen molar-refractivity contribution in [2.24, 2.45) is 0 Å². The summed E-state index contributed by atoms with van der Waals surface area (Å²) >= 11 is 1.72. The van der Waals surface area contributed by atoms with Gasteiger partial charge in [-0.1, -0.05) is 42.5 Å². The van der Waals surface area contributed by atoms with Crippen LogP contribution in [0.4, 0.5) is 4.79 Å². The third kappa shape index (κ3) is 5.11. The van der Waals surface area contributed by atoms with Crippen molar-refractivity contribution >= 4 is 17.8 Å². The zero-order chi connectivity index (χ0) is 15.8. The molecule has 0 aliphatic heterocycles. The number of amides is 2. The van der Waals surface area contributed by atoms with E-state index in [1.807, 2.05) is 25.2 Å². The van der Waals surface area contributed by atoms with E-state index in [9.17, 15) is 4.79 Å². The summed E-state index contributed by atoms with van der Waals surface area (Å²) in [6, 6.07) is 18.4. The van der Waals surface area contributed by atoms with E-state index >= 15 is 0 Å².